The number of hydrogen-bond donors (Lipinski definition) is 1. The van der Waals surface area contributed by atoms with E-state index in [1.165, 1.54) is 6.07 Å². The van der Waals surface area contributed by atoms with Gasteiger partial charge in [0.1, 0.15) is 5.82 Å². The minimum atomic E-state index is -0.172. The quantitative estimate of drug-likeness (QED) is 0.869. The summed E-state index contributed by atoms with van der Waals surface area (Å²) in [5.74, 6) is 0.458. The summed E-state index contributed by atoms with van der Waals surface area (Å²) in [7, 11) is 0. The molecule has 2 atom stereocenters. The molecule has 1 aromatic rings. The van der Waals surface area contributed by atoms with Crippen molar-refractivity contribution in [1.82, 2.24) is 10.2 Å². The van der Waals surface area contributed by atoms with E-state index >= 15 is 0 Å². The van der Waals surface area contributed by atoms with Gasteiger partial charge in [0.2, 0.25) is 0 Å². The third-order valence-electron chi connectivity index (χ3n) is 4.47. The van der Waals surface area contributed by atoms with Crippen LogP contribution in [0, 0.1) is 11.7 Å². The van der Waals surface area contributed by atoms with E-state index in [-0.39, 0.29) is 11.4 Å². The molecule has 0 spiro atoms. The fraction of sp³-hybridized carbons (Fsp3) is 0.647. The fourth-order valence-electron chi connectivity index (χ4n) is 3.13. The lowest BCUT2D eigenvalue weighted by atomic mass is 9.90. The van der Waals surface area contributed by atoms with E-state index in [1.54, 1.807) is 6.07 Å². The Kier molecular flexibility index (Phi) is 5.44. The molecule has 0 radical (unpaired) electrons. The predicted octanol–water partition coefficient (Wildman–Crippen LogP) is 4.19. The van der Waals surface area contributed by atoms with E-state index < -0.39 is 0 Å². The highest BCUT2D eigenvalue weighted by atomic mass is 79.9. The van der Waals surface area contributed by atoms with Crippen LogP contribution in [0.2, 0.25) is 0 Å². The van der Waals surface area contributed by atoms with Crippen LogP contribution >= 0.6 is 15.9 Å². The van der Waals surface area contributed by atoms with Crippen LogP contribution in [-0.2, 0) is 6.54 Å². The largest absolute Gasteiger partial charge is 0.309 e. The van der Waals surface area contributed by atoms with Crippen molar-refractivity contribution in [1.29, 1.82) is 0 Å². The van der Waals surface area contributed by atoms with Crippen LogP contribution in [0.1, 0.15) is 39.7 Å². The molecule has 4 heteroatoms. The molecule has 2 rings (SSSR count). The minimum Gasteiger partial charge on any atom is -0.309 e. The lowest BCUT2D eigenvalue weighted by Gasteiger charge is -2.47. The van der Waals surface area contributed by atoms with Gasteiger partial charge in [0.05, 0.1) is 0 Å². The monoisotopic (exact) mass is 356 g/mol. The molecule has 118 valence electrons. The van der Waals surface area contributed by atoms with Crippen LogP contribution in [-0.4, -0.2) is 29.6 Å². The van der Waals surface area contributed by atoms with Crippen molar-refractivity contribution >= 4 is 15.9 Å². The lowest BCUT2D eigenvalue weighted by Crippen LogP contribution is -2.62. The first-order chi connectivity index (χ1) is 9.80. The smallest absolute Gasteiger partial charge is 0.124 e. The summed E-state index contributed by atoms with van der Waals surface area (Å²) in [5.41, 5.74) is 1.14. The Morgan fingerprint density at radius 2 is 2.14 bits per heavy atom. The van der Waals surface area contributed by atoms with E-state index in [1.807, 2.05) is 6.07 Å². The average Bonchev–Trinajstić information content (AvgIpc) is 2.36. The van der Waals surface area contributed by atoms with Crippen molar-refractivity contribution in [2.45, 2.75) is 52.2 Å². The molecule has 1 saturated heterocycles. The fourth-order valence-corrected chi connectivity index (χ4v) is 3.65. The molecule has 0 amide bonds. The number of nitrogens with zero attached hydrogens (tertiary/aromatic N) is 1. The van der Waals surface area contributed by atoms with Gasteiger partial charge in [-0.3, -0.25) is 4.90 Å². The van der Waals surface area contributed by atoms with Gasteiger partial charge in [-0.1, -0.05) is 36.2 Å². The van der Waals surface area contributed by atoms with Crippen molar-refractivity contribution in [2.24, 2.45) is 5.92 Å². The first-order valence-electron chi connectivity index (χ1n) is 7.75. The van der Waals surface area contributed by atoms with Crippen molar-refractivity contribution in [3.63, 3.8) is 0 Å². The Labute approximate surface area is 136 Å². The van der Waals surface area contributed by atoms with Gasteiger partial charge in [-0.2, -0.15) is 0 Å². The summed E-state index contributed by atoms with van der Waals surface area (Å²) < 4.78 is 14.4. The molecule has 2 unspecified atom stereocenters. The topological polar surface area (TPSA) is 15.3 Å². The SMILES string of the molecule is CCC(C)C1CNC(C)(C)CN1Cc1cc(F)cc(Br)c1. The van der Waals surface area contributed by atoms with Gasteiger partial charge in [0.25, 0.3) is 0 Å². The zero-order chi connectivity index (χ0) is 15.6. The van der Waals surface area contributed by atoms with Gasteiger partial charge < -0.3 is 5.32 Å². The maximum atomic E-state index is 13.6. The predicted molar refractivity (Wildman–Crippen MR) is 89.8 cm³/mol. The highest BCUT2D eigenvalue weighted by molar-refractivity contribution is 9.10. The second-order valence-corrected chi connectivity index (χ2v) is 7.82. The number of halogens is 2. The van der Waals surface area contributed by atoms with E-state index in [0.717, 1.165) is 36.1 Å². The number of nitrogens with one attached hydrogen (secondary N) is 1. The molecule has 1 aliphatic rings. The number of benzene rings is 1. The Morgan fingerprint density at radius 1 is 1.43 bits per heavy atom. The van der Waals surface area contributed by atoms with E-state index in [4.69, 9.17) is 0 Å². The maximum absolute atomic E-state index is 13.6. The third-order valence-corrected chi connectivity index (χ3v) is 4.92. The zero-order valence-electron chi connectivity index (χ0n) is 13.4. The van der Waals surface area contributed by atoms with Crippen LogP contribution in [0.15, 0.2) is 22.7 Å². The summed E-state index contributed by atoms with van der Waals surface area (Å²) in [6, 6.07) is 5.68. The molecular formula is C17H26BrFN2. The maximum Gasteiger partial charge on any atom is 0.124 e. The van der Waals surface area contributed by atoms with Crippen molar-refractivity contribution < 1.29 is 4.39 Å². The van der Waals surface area contributed by atoms with Gasteiger partial charge in [0, 0.05) is 35.7 Å². The van der Waals surface area contributed by atoms with Gasteiger partial charge in [-0.15, -0.1) is 0 Å². The Bertz CT molecular complexity index is 469. The number of piperazine rings is 1. The normalized spacial score (nSPS) is 24.0. The molecular weight excluding hydrogens is 331 g/mol. The van der Waals surface area contributed by atoms with E-state index in [2.05, 4.69) is 53.8 Å². The number of hydrogen-bond acceptors (Lipinski definition) is 2. The van der Waals surface area contributed by atoms with Crippen LogP contribution in [0.25, 0.3) is 0 Å². The Hall–Kier alpha value is -0.450. The lowest BCUT2D eigenvalue weighted by molar-refractivity contribution is 0.0570. The van der Waals surface area contributed by atoms with Gasteiger partial charge in [-0.05, 0) is 43.5 Å². The van der Waals surface area contributed by atoms with Crippen LogP contribution < -0.4 is 5.32 Å². The molecule has 0 aromatic heterocycles. The van der Waals surface area contributed by atoms with Gasteiger partial charge >= 0.3 is 0 Å². The summed E-state index contributed by atoms with van der Waals surface area (Å²) in [6.45, 7) is 11.8. The van der Waals surface area contributed by atoms with Crippen LogP contribution in [0.4, 0.5) is 4.39 Å². The molecule has 0 bridgehead atoms. The first kappa shape index (κ1) is 16.9. The van der Waals surface area contributed by atoms with Gasteiger partial charge in [-0.25, -0.2) is 4.39 Å². The first-order valence-corrected chi connectivity index (χ1v) is 8.54. The van der Waals surface area contributed by atoms with Crippen molar-refractivity contribution in [2.75, 3.05) is 13.1 Å². The second-order valence-electron chi connectivity index (χ2n) is 6.90. The van der Waals surface area contributed by atoms with Crippen LogP contribution in [0.5, 0.6) is 0 Å². The van der Waals surface area contributed by atoms with E-state index in [9.17, 15) is 4.39 Å². The molecule has 2 nitrogen and oxygen atoms in total. The molecule has 21 heavy (non-hydrogen) atoms. The molecule has 1 N–H and O–H groups in total. The molecule has 1 heterocycles. The molecule has 1 aliphatic heterocycles. The van der Waals surface area contributed by atoms with E-state index in [0.29, 0.717) is 12.0 Å². The Morgan fingerprint density at radius 3 is 2.76 bits per heavy atom. The molecule has 1 fully saturated rings. The summed E-state index contributed by atoms with van der Waals surface area (Å²) >= 11 is 3.39. The summed E-state index contributed by atoms with van der Waals surface area (Å²) in [4.78, 5) is 2.51. The average molecular weight is 357 g/mol. The Balaban J connectivity index is 2.19. The summed E-state index contributed by atoms with van der Waals surface area (Å²) in [5, 5.41) is 3.64. The molecule has 0 aliphatic carbocycles. The molecule has 0 saturated carbocycles. The minimum absolute atomic E-state index is 0.106. The summed E-state index contributed by atoms with van der Waals surface area (Å²) in [6.07, 6.45) is 1.16. The molecule has 1 aromatic carbocycles. The van der Waals surface area contributed by atoms with Gasteiger partial charge in [0.15, 0.2) is 0 Å². The standard InChI is InChI=1S/C17H26BrFN2/c1-5-12(2)16-9-20-17(3,4)11-21(16)10-13-6-14(18)8-15(19)7-13/h6-8,12,16,20H,5,9-11H2,1-4H3. The second kappa shape index (κ2) is 6.76. The van der Waals surface area contributed by atoms with Crippen LogP contribution in [0.3, 0.4) is 0 Å². The highest BCUT2D eigenvalue weighted by Gasteiger charge is 2.34. The van der Waals surface area contributed by atoms with Crippen molar-refractivity contribution in [3.05, 3.63) is 34.1 Å². The highest BCUT2D eigenvalue weighted by Crippen LogP contribution is 2.25. The zero-order valence-corrected chi connectivity index (χ0v) is 15.0. The third kappa shape index (κ3) is 4.51. The van der Waals surface area contributed by atoms with Crippen molar-refractivity contribution in [3.8, 4) is 0 Å². The number of rotatable bonds is 4.